The number of pyridine rings is 1. The first-order valence-electron chi connectivity index (χ1n) is 10.6. The maximum Gasteiger partial charge on any atom is 0.407 e. The van der Waals surface area contributed by atoms with E-state index in [2.05, 4.69) is 15.6 Å². The molecule has 1 aromatic carbocycles. The van der Waals surface area contributed by atoms with Crippen LogP contribution in [0.25, 0.3) is 28.0 Å². The minimum absolute atomic E-state index is 0.116. The number of fused-ring (bicyclic) bond motifs is 1. The van der Waals surface area contributed by atoms with Gasteiger partial charge in [-0.1, -0.05) is 29.4 Å². The predicted octanol–water partition coefficient (Wildman–Crippen LogP) is 4.20. The van der Waals surface area contributed by atoms with Crippen LogP contribution < -0.4 is 11.0 Å². The quantitative estimate of drug-likeness (QED) is 0.458. The number of benzene rings is 1. The van der Waals surface area contributed by atoms with Gasteiger partial charge in [0.15, 0.2) is 5.65 Å². The van der Waals surface area contributed by atoms with E-state index in [0.29, 0.717) is 12.0 Å². The number of nitrogens with one attached hydrogen (secondary N) is 1. The SMILES string of the molecule is CC(C)(C)OC(=O)NC/C(=C\F)Cn1nc2ccc(-c3ccc(-c4ccon4)cc3)cn2c1=O. The summed E-state index contributed by atoms with van der Waals surface area (Å²) in [4.78, 5) is 24.7. The van der Waals surface area contributed by atoms with Crippen LogP contribution in [0.1, 0.15) is 20.8 Å². The monoisotopic (exact) mass is 465 g/mol. The van der Waals surface area contributed by atoms with Gasteiger partial charge in [0.1, 0.15) is 17.6 Å². The third kappa shape index (κ3) is 5.22. The van der Waals surface area contributed by atoms with Gasteiger partial charge in [-0.25, -0.2) is 23.1 Å². The van der Waals surface area contributed by atoms with Crippen molar-refractivity contribution < 1.29 is 18.4 Å². The molecule has 9 nitrogen and oxygen atoms in total. The van der Waals surface area contributed by atoms with E-state index in [-0.39, 0.29) is 18.7 Å². The van der Waals surface area contributed by atoms with Crippen LogP contribution in [0, 0.1) is 0 Å². The Labute approximate surface area is 194 Å². The van der Waals surface area contributed by atoms with Gasteiger partial charge in [-0.3, -0.25) is 0 Å². The van der Waals surface area contributed by atoms with Crippen molar-refractivity contribution in [1.82, 2.24) is 24.7 Å². The average molecular weight is 465 g/mol. The predicted molar refractivity (Wildman–Crippen MR) is 124 cm³/mol. The molecule has 10 heteroatoms. The lowest BCUT2D eigenvalue weighted by Gasteiger charge is -2.19. The zero-order chi connectivity index (χ0) is 24.3. The minimum Gasteiger partial charge on any atom is -0.444 e. The van der Waals surface area contributed by atoms with Crippen LogP contribution in [0.2, 0.25) is 0 Å². The van der Waals surface area contributed by atoms with Gasteiger partial charge in [-0.15, -0.1) is 5.10 Å². The third-order valence-electron chi connectivity index (χ3n) is 4.89. The van der Waals surface area contributed by atoms with Gasteiger partial charge in [0.05, 0.1) is 12.9 Å². The first kappa shape index (κ1) is 23.0. The van der Waals surface area contributed by atoms with E-state index in [1.807, 2.05) is 30.3 Å². The van der Waals surface area contributed by atoms with Gasteiger partial charge >= 0.3 is 11.8 Å². The zero-order valence-electron chi connectivity index (χ0n) is 19.0. The summed E-state index contributed by atoms with van der Waals surface area (Å²) >= 11 is 0. The van der Waals surface area contributed by atoms with Crippen molar-refractivity contribution in [3.8, 4) is 22.4 Å². The summed E-state index contributed by atoms with van der Waals surface area (Å²) in [5.74, 6) is 0. The molecule has 0 bridgehead atoms. The fourth-order valence-electron chi connectivity index (χ4n) is 3.31. The fraction of sp³-hybridized carbons (Fsp3) is 0.250. The lowest BCUT2D eigenvalue weighted by Crippen LogP contribution is -2.34. The number of carbonyl (C=O) groups excluding carboxylic acids is 1. The molecule has 34 heavy (non-hydrogen) atoms. The molecule has 0 aliphatic rings. The standard InChI is InChI=1S/C24H24FN5O4/c1-24(2,3)34-22(31)26-13-16(12-25)14-30-23(32)29-15-19(8-9-21(29)27-30)17-4-6-18(7-5-17)20-10-11-33-28-20/h4-12,15H,13-14H2,1-3H3,(H,26,31)/b16-12+. The molecule has 0 aliphatic heterocycles. The van der Waals surface area contributed by atoms with E-state index in [4.69, 9.17) is 9.26 Å². The number of aromatic nitrogens is 4. The van der Waals surface area contributed by atoms with Crippen LogP contribution in [0.5, 0.6) is 0 Å². The Bertz CT molecular complexity index is 1380. The molecule has 0 fully saturated rings. The summed E-state index contributed by atoms with van der Waals surface area (Å²) in [5.41, 5.74) is 2.86. The number of hydrogen-bond acceptors (Lipinski definition) is 6. The van der Waals surface area contributed by atoms with Crippen LogP contribution in [0.4, 0.5) is 9.18 Å². The molecule has 4 aromatic rings. The summed E-state index contributed by atoms with van der Waals surface area (Å²) in [6.07, 6.45) is 2.88. The van der Waals surface area contributed by atoms with Crippen molar-refractivity contribution in [3.63, 3.8) is 0 Å². The molecule has 3 aromatic heterocycles. The summed E-state index contributed by atoms with van der Waals surface area (Å²) in [7, 11) is 0. The minimum atomic E-state index is -0.673. The summed E-state index contributed by atoms with van der Waals surface area (Å²) in [6.45, 7) is 4.96. The van der Waals surface area contributed by atoms with Crippen LogP contribution in [-0.2, 0) is 11.3 Å². The molecule has 0 saturated heterocycles. The zero-order valence-corrected chi connectivity index (χ0v) is 19.0. The maximum atomic E-state index is 13.4. The number of ether oxygens (including phenoxy) is 1. The lowest BCUT2D eigenvalue weighted by molar-refractivity contribution is 0.0532. The fourth-order valence-corrected chi connectivity index (χ4v) is 3.31. The molecule has 0 unspecified atom stereocenters. The molecule has 0 spiro atoms. The van der Waals surface area contributed by atoms with Crippen LogP contribution in [-0.4, -0.2) is 37.6 Å². The van der Waals surface area contributed by atoms with E-state index in [1.54, 1.807) is 39.1 Å². The summed E-state index contributed by atoms with van der Waals surface area (Å²) in [5, 5.41) is 10.7. The Balaban J connectivity index is 1.50. The van der Waals surface area contributed by atoms with Gasteiger partial charge in [-0.05, 0) is 49.6 Å². The van der Waals surface area contributed by atoms with Crippen molar-refractivity contribution >= 4 is 11.7 Å². The van der Waals surface area contributed by atoms with Gasteiger partial charge in [-0.2, -0.15) is 0 Å². The highest BCUT2D eigenvalue weighted by atomic mass is 19.1. The average Bonchev–Trinajstić information content (AvgIpc) is 3.44. The highest BCUT2D eigenvalue weighted by Gasteiger charge is 2.17. The van der Waals surface area contributed by atoms with Gasteiger partial charge < -0.3 is 14.6 Å². The Morgan fingerprint density at radius 3 is 2.47 bits per heavy atom. The third-order valence-corrected chi connectivity index (χ3v) is 4.89. The highest BCUT2D eigenvalue weighted by molar-refractivity contribution is 5.69. The Hall–Kier alpha value is -4.21. The van der Waals surface area contributed by atoms with Crippen molar-refractivity contribution in [2.45, 2.75) is 32.9 Å². The molecule has 3 heterocycles. The normalized spacial score (nSPS) is 12.2. The molecule has 1 N–H and O–H groups in total. The maximum absolute atomic E-state index is 13.4. The second-order valence-electron chi connectivity index (χ2n) is 8.67. The molecule has 0 atom stereocenters. The number of halogens is 1. The van der Waals surface area contributed by atoms with Crippen molar-refractivity contribution in [2.75, 3.05) is 6.54 Å². The second-order valence-corrected chi connectivity index (χ2v) is 8.67. The molecular weight excluding hydrogens is 441 g/mol. The smallest absolute Gasteiger partial charge is 0.407 e. The molecule has 176 valence electrons. The number of hydrogen-bond donors (Lipinski definition) is 1. The molecular formula is C24H24FN5O4. The first-order valence-corrected chi connectivity index (χ1v) is 10.6. The van der Waals surface area contributed by atoms with Crippen molar-refractivity contribution in [2.24, 2.45) is 0 Å². The second kappa shape index (κ2) is 9.34. The van der Waals surface area contributed by atoms with E-state index in [1.165, 1.54) is 10.7 Å². The van der Waals surface area contributed by atoms with E-state index < -0.39 is 17.4 Å². The number of rotatable bonds is 6. The van der Waals surface area contributed by atoms with Crippen LogP contribution >= 0.6 is 0 Å². The van der Waals surface area contributed by atoms with Crippen molar-refractivity contribution in [1.29, 1.82) is 0 Å². The topological polar surface area (TPSA) is 104 Å². The summed E-state index contributed by atoms with van der Waals surface area (Å²) in [6, 6.07) is 13.0. The van der Waals surface area contributed by atoms with Gasteiger partial charge in [0.2, 0.25) is 0 Å². The van der Waals surface area contributed by atoms with Gasteiger partial charge in [0.25, 0.3) is 0 Å². The van der Waals surface area contributed by atoms with E-state index in [0.717, 1.165) is 27.1 Å². The van der Waals surface area contributed by atoms with Gasteiger partial charge in [0, 0.05) is 24.4 Å². The van der Waals surface area contributed by atoms with E-state index in [9.17, 15) is 14.0 Å². The highest BCUT2D eigenvalue weighted by Crippen LogP contribution is 2.24. The number of carbonyl (C=O) groups is 1. The molecule has 0 radical (unpaired) electrons. The van der Waals surface area contributed by atoms with E-state index >= 15 is 0 Å². The Morgan fingerprint density at radius 1 is 1.12 bits per heavy atom. The molecule has 4 rings (SSSR count). The van der Waals surface area contributed by atoms with Crippen molar-refractivity contribution in [3.05, 3.63) is 77.3 Å². The van der Waals surface area contributed by atoms with Crippen LogP contribution in [0.15, 0.2) is 76.1 Å². The lowest BCUT2D eigenvalue weighted by atomic mass is 10.0. The number of alkyl carbamates (subject to hydrolysis) is 1. The largest absolute Gasteiger partial charge is 0.444 e. The molecule has 0 aliphatic carbocycles. The number of nitrogens with zero attached hydrogens (tertiary/aromatic N) is 4. The first-order chi connectivity index (χ1) is 16.2. The molecule has 1 amide bonds. The van der Waals surface area contributed by atoms with Crippen LogP contribution in [0.3, 0.4) is 0 Å². The Morgan fingerprint density at radius 2 is 1.82 bits per heavy atom. The Kier molecular flexibility index (Phi) is 6.31. The molecule has 0 saturated carbocycles. The number of amides is 1. The summed E-state index contributed by atoms with van der Waals surface area (Å²) < 4.78 is 26.0.